The van der Waals surface area contributed by atoms with Crippen molar-refractivity contribution < 1.29 is 14.3 Å². The minimum absolute atomic E-state index is 0.0876. The molecule has 152 valence electrons. The smallest absolute Gasteiger partial charge is 0.287 e. The Morgan fingerprint density at radius 1 is 1.10 bits per heavy atom. The lowest BCUT2D eigenvalue weighted by atomic mass is 10.2. The third kappa shape index (κ3) is 5.88. The van der Waals surface area contributed by atoms with Gasteiger partial charge in [-0.25, -0.2) is 5.43 Å². The van der Waals surface area contributed by atoms with Gasteiger partial charge in [0.25, 0.3) is 11.8 Å². The summed E-state index contributed by atoms with van der Waals surface area (Å²) in [6.45, 7) is 0. The highest BCUT2D eigenvalue weighted by atomic mass is 79.9. The van der Waals surface area contributed by atoms with Gasteiger partial charge in [-0.15, -0.1) is 11.3 Å². The molecule has 0 atom stereocenters. The molecule has 1 heterocycles. The maximum Gasteiger partial charge on any atom is 0.287 e. The summed E-state index contributed by atoms with van der Waals surface area (Å²) in [6.07, 6.45) is 3.08. The number of nitrogens with one attached hydrogen (secondary N) is 2. The van der Waals surface area contributed by atoms with E-state index in [1.54, 1.807) is 43.5 Å². The second kappa shape index (κ2) is 10.5. The van der Waals surface area contributed by atoms with E-state index in [1.807, 2.05) is 35.7 Å². The Kier molecular flexibility index (Phi) is 7.53. The fourth-order valence-electron chi connectivity index (χ4n) is 2.48. The first kappa shape index (κ1) is 21.5. The molecule has 2 aromatic carbocycles. The van der Waals surface area contributed by atoms with Crippen LogP contribution in [0.2, 0.25) is 0 Å². The van der Waals surface area contributed by atoms with Gasteiger partial charge in [0.05, 0.1) is 13.3 Å². The van der Waals surface area contributed by atoms with Crippen molar-refractivity contribution in [1.82, 2.24) is 10.7 Å². The lowest BCUT2D eigenvalue weighted by molar-refractivity contribution is -0.117. The number of hydrogen-bond donors (Lipinski definition) is 2. The Balaban J connectivity index is 1.77. The standard InChI is InChI=1S/C22H18BrN3O3S/c1-29-20-10-9-17(23)12-16(20)14-24-26-22(28)19(13-18-8-5-11-30-18)25-21(27)15-6-3-2-4-7-15/h2-14H,1H3,(H,25,27)(H,26,28). The van der Waals surface area contributed by atoms with Gasteiger partial charge in [0.2, 0.25) is 0 Å². The van der Waals surface area contributed by atoms with Crippen LogP contribution in [0.25, 0.3) is 6.08 Å². The van der Waals surface area contributed by atoms with Gasteiger partial charge in [-0.3, -0.25) is 9.59 Å². The summed E-state index contributed by atoms with van der Waals surface area (Å²) in [6, 6.07) is 17.8. The lowest BCUT2D eigenvalue weighted by Gasteiger charge is -2.09. The fraction of sp³-hybridized carbons (Fsp3) is 0.0455. The summed E-state index contributed by atoms with van der Waals surface area (Å²) in [5.41, 5.74) is 3.67. The molecule has 3 rings (SSSR count). The van der Waals surface area contributed by atoms with Crippen molar-refractivity contribution in [1.29, 1.82) is 0 Å². The van der Waals surface area contributed by atoms with Gasteiger partial charge < -0.3 is 10.1 Å². The van der Waals surface area contributed by atoms with Crippen LogP contribution in [0, 0.1) is 0 Å². The average Bonchev–Trinajstić information content (AvgIpc) is 3.27. The van der Waals surface area contributed by atoms with Gasteiger partial charge in [-0.1, -0.05) is 40.2 Å². The summed E-state index contributed by atoms with van der Waals surface area (Å²) < 4.78 is 6.14. The SMILES string of the molecule is COc1ccc(Br)cc1C=NNC(=O)C(=Cc1cccs1)NC(=O)c1ccccc1. The number of hydrazone groups is 1. The number of rotatable bonds is 7. The summed E-state index contributed by atoms with van der Waals surface area (Å²) in [7, 11) is 1.56. The van der Waals surface area contributed by atoms with Gasteiger partial charge in [0, 0.05) is 20.5 Å². The van der Waals surface area contributed by atoms with Crippen LogP contribution in [-0.2, 0) is 4.79 Å². The first-order valence-corrected chi connectivity index (χ1v) is 10.5. The molecule has 0 saturated carbocycles. The zero-order valence-corrected chi connectivity index (χ0v) is 18.4. The number of carbonyl (C=O) groups excluding carboxylic acids is 2. The normalized spacial score (nSPS) is 11.3. The molecule has 0 aliphatic heterocycles. The number of nitrogens with zero attached hydrogens (tertiary/aromatic N) is 1. The van der Waals surface area contributed by atoms with E-state index in [9.17, 15) is 9.59 Å². The van der Waals surface area contributed by atoms with Gasteiger partial charge in [-0.05, 0) is 47.9 Å². The summed E-state index contributed by atoms with van der Waals surface area (Å²) in [4.78, 5) is 26.0. The maximum absolute atomic E-state index is 12.7. The summed E-state index contributed by atoms with van der Waals surface area (Å²) >= 11 is 4.84. The number of hydrogen-bond acceptors (Lipinski definition) is 5. The molecule has 0 unspecified atom stereocenters. The molecule has 8 heteroatoms. The van der Waals surface area contributed by atoms with Crippen molar-refractivity contribution >= 4 is 51.4 Å². The van der Waals surface area contributed by atoms with E-state index in [1.165, 1.54) is 17.6 Å². The number of carbonyl (C=O) groups is 2. The highest BCUT2D eigenvalue weighted by molar-refractivity contribution is 9.10. The number of benzene rings is 2. The third-order valence-electron chi connectivity index (χ3n) is 3.92. The highest BCUT2D eigenvalue weighted by Crippen LogP contribution is 2.21. The largest absolute Gasteiger partial charge is 0.496 e. The first-order valence-electron chi connectivity index (χ1n) is 8.85. The molecule has 2 amide bonds. The minimum Gasteiger partial charge on any atom is -0.496 e. The van der Waals surface area contributed by atoms with Crippen LogP contribution < -0.4 is 15.5 Å². The second-order valence-corrected chi connectivity index (χ2v) is 7.87. The Bertz CT molecular complexity index is 1080. The summed E-state index contributed by atoms with van der Waals surface area (Å²) in [5, 5.41) is 8.56. The van der Waals surface area contributed by atoms with Crippen LogP contribution in [0.4, 0.5) is 0 Å². The topological polar surface area (TPSA) is 79.8 Å². The molecule has 0 radical (unpaired) electrons. The van der Waals surface area contributed by atoms with E-state index in [2.05, 4.69) is 31.8 Å². The molecule has 3 aromatic rings. The van der Waals surface area contributed by atoms with E-state index in [4.69, 9.17) is 4.74 Å². The van der Waals surface area contributed by atoms with Crippen molar-refractivity contribution in [2.24, 2.45) is 5.10 Å². The number of halogens is 1. The van der Waals surface area contributed by atoms with Crippen LogP contribution in [0.5, 0.6) is 5.75 Å². The average molecular weight is 484 g/mol. The quantitative estimate of drug-likeness (QED) is 0.296. The Morgan fingerprint density at radius 3 is 2.60 bits per heavy atom. The maximum atomic E-state index is 12.7. The van der Waals surface area contributed by atoms with E-state index >= 15 is 0 Å². The number of methoxy groups -OCH3 is 1. The Labute approximate surface area is 186 Å². The third-order valence-corrected chi connectivity index (χ3v) is 5.23. The van der Waals surface area contributed by atoms with E-state index in [0.29, 0.717) is 16.9 Å². The molecular formula is C22H18BrN3O3S. The van der Waals surface area contributed by atoms with Gasteiger partial charge >= 0.3 is 0 Å². The van der Waals surface area contributed by atoms with Crippen molar-refractivity contribution in [3.05, 3.63) is 92.2 Å². The predicted octanol–water partition coefficient (Wildman–Crippen LogP) is 4.44. The van der Waals surface area contributed by atoms with Crippen molar-refractivity contribution in [3.63, 3.8) is 0 Å². The van der Waals surface area contributed by atoms with Crippen molar-refractivity contribution in [3.8, 4) is 5.75 Å². The Hall–Kier alpha value is -3.23. The van der Waals surface area contributed by atoms with Crippen LogP contribution >= 0.6 is 27.3 Å². The summed E-state index contributed by atoms with van der Waals surface area (Å²) in [5.74, 6) is -0.313. The van der Waals surface area contributed by atoms with Gasteiger partial charge in [0.1, 0.15) is 11.4 Å². The van der Waals surface area contributed by atoms with Crippen LogP contribution in [-0.4, -0.2) is 25.1 Å². The highest BCUT2D eigenvalue weighted by Gasteiger charge is 2.14. The van der Waals surface area contributed by atoms with E-state index in [-0.39, 0.29) is 11.6 Å². The molecule has 6 nitrogen and oxygen atoms in total. The van der Waals surface area contributed by atoms with Gasteiger partial charge in [0.15, 0.2) is 0 Å². The number of thiophene rings is 1. The van der Waals surface area contributed by atoms with E-state index in [0.717, 1.165) is 9.35 Å². The molecule has 0 fully saturated rings. The molecule has 0 aliphatic rings. The first-order chi connectivity index (χ1) is 14.6. The van der Waals surface area contributed by atoms with E-state index < -0.39 is 5.91 Å². The molecule has 0 saturated heterocycles. The lowest BCUT2D eigenvalue weighted by Crippen LogP contribution is -2.32. The monoisotopic (exact) mass is 483 g/mol. The molecule has 2 N–H and O–H groups in total. The Morgan fingerprint density at radius 2 is 1.90 bits per heavy atom. The second-order valence-electron chi connectivity index (χ2n) is 5.98. The van der Waals surface area contributed by atoms with Crippen LogP contribution in [0.1, 0.15) is 20.8 Å². The van der Waals surface area contributed by atoms with Crippen molar-refractivity contribution in [2.75, 3.05) is 7.11 Å². The fourth-order valence-corrected chi connectivity index (χ4v) is 3.52. The molecule has 0 bridgehead atoms. The van der Waals surface area contributed by atoms with Crippen molar-refractivity contribution in [2.45, 2.75) is 0 Å². The molecular weight excluding hydrogens is 466 g/mol. The number of amides is 2. The van der Waals surface area contributed by atoms with Crippen LogP contribution in [0.15, 0.2) is 81.3 Å². The molecule has 0 spiro atoms. The molecule has 30 heavy (non-hydrogen) atoms. The van der Waals surface area contributed by atoms with Crippen LogP contribution in [0.3, 0.4) is 0 Å². The zero-order valence-electron chi connectivity index (χ0n) is 16.0. The van der Waals surface area contributed by atoms with Gasteiger partial charge in [-0.2, -0.15) is 5.10 Å². The molecule has 0 aliphatic carbocycles. The minimum atomic E-state index is -0.544. The zero-order chi connectivity index (χ0) is 21.3. The molecule has 1 aromatic heterocycles. The number of ether oxygens (including phenoxy) is 1. The predicted molar refractivity (Wildman–Crippen MR) is 123 cm³/mol.